The fourth-order valence-electron chi connectivity index (χ4n) is 3.04. The zero-order chi connectivity index (χ0) is 16.9. The molecule has 0 fully saturated rings. The zero-order valence-corrected chi connectivity index (χ0v) is 14.2. The summed E-state index contributed by atoms with van der Waals surface area (Å²) in [6, 6.07) is 15.6. The van der Waals surface area contributed by atoms with E-state index in [1.165, 1.54) is 11.1 Å². The summed E-state index contributed by atoms with van der Waals surface area (Å²) in [5.41, 5.74) is 3.16. The second-order valence-electron chi connectivity index (χ2n) is 5.95. The van der Waals surface area contributed by atoms with Gasteiger partial charge in [0.15, 0.2) is 0 Å². The van der Waals surface area contributed by atoms with Gasteiger partial charge in [-0.15, -0.1) is 0 Å². The predicted octanol–water partition coefficient (Wildman–Crippen LogP) is 3.47. The number of carbonyl (C=O) groups is 1. The van der Waals surface area contributed by atoms with E-state index in [1.54, 1.807) is 17.0 Å². The normalized spacial score (nSPS) is 16.3. The van der Waals surface area contributed by atoms with Crippen molar-refractivity contribution in [1.82, 2.24) is 4.90 Å². The number of ether oxygens (including phenoxy) is 2. The Kier molecular flexibility index (Phi) is 5.16. The fourth-order valence-corrected chi connectivity index (χ4v) is 3.04. The van der Waals surface area contributed by atoms with Gasteiger partial charge in [-0.3, -0.25) is 4.79 Å². The fraction of sp³-hybridized carbons (Fsp3) is 0.350. The average Bonchev–Trinajstić information content (AvgIpc) is 2.62. The largest absolute Gasteiger partial charge is 0.494 e. The van der Waals surface area contributed by atoms with Crippen molar-refractivity contribution < 1.29 is 14.3 Å². The third-order valence-electron chi connectivity index (χ3n) is 4.29. The molecular weight excluding hydrogens is 302 g/mol. The molecule has 24 heavy (non-hydrogen) atoms. The third kappa shape index (κ3) is 3.60. The molecule has 3 rings (SSSR count). The Morgan fingerprint density at radius 2 is 1.96 bits per heavy atom. The molecule has 2 aromatic rings. The minimum Gasteiger partial charge on any atom is -0.494 e. The number of likely N-dealkylation sites (N-methyl/N-ethyl adjacent to an activating group) is 1. The van der Waals surface area contributed by atoms with Crippen LogP contribution in [-0.4, -0.2) is 37.6 Å². The smallest absolute Gasteiger partial charge is 0.253 e. The highest BCUT2D eigenvalue weighted by atomic mass is 16.5. The van der Waals surface area contributed by atoms with Crippen LogP contribution in [0.2, 0.25) is 0 Å². The molecule has 1 heterocycles. The van der Waals surface area contributed by atoms with Crippen LogP contribution in [0.5, 0.6) is 5.75 Å². The minimum absolute atomic E-state index is 0.00953. The van der Waals surface area contributed by atoms with E-state index < -0.39 is 0 Å². The lowest BCUT2D eigenvalue weighted by Crippen LogP contribution is -2.33. The molecule has 1 amide bonds. The molecule has 1 aliphatic heterocycles. The van der Waals surface area contributed by atoms with E-state index in [0.29, 0.717) is 25.3 Å². The maximum absolute atomic E-state index is 12.6. The lowest BCUT2D eigenvalue weighted by atomic mass is 9.97. The Labute approximate surface area is 143 Å². The SMILES string of the molecule is CCOc1ccc(C(=O)N(C)C[C@H]2OCCc3ccccc32)cc1. The van der Waals surface area contributed by atoms with Crippen LogP contribution in [0.25, 0.3) is 0 Å². The first kappa shape index (κ1) is 16.5. The van der Waals surface area contributed by atoms with E-state index >= 15 is 0 Å². The quantitative estimate of drug-likeness (QED) is 0.845. The predicted molar refractivity (Wildman–Crippen MR) is 93.4 cm³/mol. The molecule has 0 aliphatic carbocycles. The van der Waals surface area contributed by atoms with Crippen LogP contribution in [0.15, 0.2) is 48.5 Å². The summed E-state index contributed by atoms with van der Waals surface area (Å²) < 4.78 is 11.3. The van der Waals surface area contributed by atoms with E-state index in [2.05, 4.69) is 18.2 Å². The summed E-state index contributed by atoms with van der Waals surface area (Å²) in [6.07, 6.45) is 0.870. The van der Waals surface area contributed by atoms with Crippen LogP contribution in [-0.2, 0) is 11.2 Å². The Balaban J connectivity index is 1.68. The Morgan fingerprint density at radius 1 is 1.21 bits per heavy atom. The molecule has 0 saturated carbocycles. The molecule has 0 aromatic heterocycles. The van der Waals surface area contributed by atoms with Crippen molar-refractivity contribution in [2.24, 2.45) is 0 Å². The maximum atomic E-state index is 12.6. The van der Waals surface area contributed by atoms with Crippen molar-refractivity contribution in [1.29, 1.82) is 0 Å². The van der Waals surface area contributed by atoms with Crippen LogP contribution < -0.4 is 4.74 Å². The molecular formula is C20H23NO3. The molecule has 0 unspecified atom stereocenters. The number of carbonyl (C=O) groups excluding carboxylic acids is 1. The van der Waals surface area contributed by atoms with Crippen LogP contribution in [0.3, 0.4) is 0 Å². The molecule has 1 aliphatic rings. The van der Waals surface area contributed by atoms with Crippen molar-refractivity contribution in [3.63, 3.8) is 0 Å². The van der Waals surface area contributed by atoms with Gasteiger partial charge in [0.05, 0.1) is 19.8 Å². The van der Waals surface area contributed by atoms with Crippen molar-refractivity contribution in [2.45, 2.75) is 19.4 Å². The number of rotatable bonds is 5. The monoisotopic (exact) mass is 325 g/mol. The van der Waals surface area contributed by atoms with Gasteiger partial charge in [0, 0.05) is 12.6 Å². The number of nitrogens with zero attached hydrogens (tertiary/aromatic N) is 1. The number of fused-ring (bicyclic) bond motifs is 1. The van der Waals surface area contributed by atoms with Crippen LogP contribution in [0.1, 0.15) is 34.5 Å². The van der Waals surface area contributed by atoms with Gasteiger partial charge < -0.3 is 14.4 Å². The van der Waals surface area contributed by atoms with Gasteiger partial charge in [0.25, 0.3) is 5.91 Å². The Bertz CT molecular complexity index is 696. The van der Waals surface area contributed by atoms with Crippen molar-refractivity contribution in [3.05, 3.63) is 65.2 Å². The summed E-state index contributed by atoms with van der Waals surface area (Å²) in [5.74, 6) is 0.769. The lowest BCUT2D eigenvalue weighted by Gasteiger charge is -2.29. The Hall–Kier alpha value is -2.33. The molecule has 0 N–H and O–H groups in total. The molecule has 0 spiro atoms. The van der Waals surface area contributed by atoms with E-state index in [9.17, 15) is 4.79 Å². The molecule has 4 nitrogen and oxygen atoms in total. The van der Waals surface area contributed by atoms with Crippen LogP contribution in [0, 0.1) is 0 Å². The van der Waals surface area contributed by atoms with Gasteiger partial charge in [-0.25, -0.2) is 0 Å². The van der Waals surface area contributed by atoms with Gasteiger partial charge in [-0.05, 0) is 48.7 Å². The summed E-state index contributed by atoms with van der Waals surface area (Å²) >= 11 is 0. The highest BCUT2D eigenvalue weighted by molar-refractivity contribution is 5.94. The standard InChI is InChI=1S/C20H23NO3/c1-3-23-17-10-8-16(9-11-17)20(22)21(2)14-19-18-7-5-4-6-15(18)12-13-24-19/h4-11,19H,3,12-14H2,1-2H3/t19-/m1/s1. The highest BCUT2D eigenvalue weighted by Gasteiger charge is 2.24. The van der Waals surface area contributed by atoms with Crippen LogP contribution in [0.4, 0.5) is 0 Å². The summed E-state index contributed by atoms with van der Waals surface area (Å²) in [6.45, 7) is 3.80. The molecule has 0 radical (unpaired) electrons. The number of hydrogen-bond donors (Lipinski definition) is 0. The van der Waals surface area contributed by atoms with Gasteiger partial charge in [0.2, 0.25) is 0 Å². The topological polar surface area (TPSA) is 38.8 Å². The van der Waals surface area contributed by atoms with Gasteiger partial charge in [0.1, 0.15) is 11.9 Å². The molecule has 126 valence electrons. The summed E-state index contributed by atoms with van der Waals surface area (Å²) in [7, 11) is 1.82. The van der Waals surface area contributed by atoms with E-state index in [0.717, 1.165) is 12.2 Å². The Morgan fingerprint density at radius 3 is 2.71 bits per heavy atom. The average molecular weight is 325 g/mol. The number of hydrogen-bond acceptors (Lipinski definition) is 3. The van der Waals surface area contributed by atoms with Gasteiger partial charge >= 0.3 is 0 Å². The first-order chi connectivity index (χ1) is 11.7. The van der Waals surface area contributed by atoms with Crippen molar-refractivity contribution in [3.8, 4) is 5.75 Å². The lowest BCUT2D eigenvalue weighted by molar-refractivity contribution is 0.0200. The van der Waals surface area contributed by atoms with Gasteiger partial charge in [-0.1, -0.05) is 24.3 Å². The zero-order valence-electron chi connectivity index (χ0n) is 14.2. The van der Waals surface area contributed by atoms with Crippen molar-refractivity contribution >= 4 is 5.91 Å². The maximum Gasteiger partial charge on any atom is 0.253 e. The first-order valence-electron chi connectivity index (χ1n) is 8.36. The molecule has 4 heteroatoms. The van der Waals surface area contributed by atoms with E-state index in [-0.39, 0.29) is 12.0 Å². The highest BCUT2D eigenvalue weighted by Crippen LogP contribution is 2.27. The second-order valence-corrected chi connectivity index (χ2v) is 5.95. The number of benzene rings is 2. The van der Waals surface area contributed by atoms with Crippen molar-refractivity contribution in [2.75, 3.05) is 26.8 Å². The van der Waals surface area contributed by atoms with E-state index in [4.69, 9.17) is 9.47 Å². The molecule has 2 aromatic carbocycles. The minimum atomic E-state index is -0.0633. The number of amides is 1. The molecule has 0 bridgehead atoms. The van der Waals surface area contributed by atoms with Gasteiger partial charge in [-0.2, -0.15) is 0 Å². The van der Waals surface area contributed by atoms with Crippen LogP contribution >= 0.6 is 0 Å². The summed E-state index contributed by atoms with van der Waals surface area (Å²) in [4.78, 5) is 14.4. The summed E-state index contributed by atoms with van der Waals surface area (Å²) in [5, 5.41) is 0. The molecule has 1 atom stereocenters. The first-order valence-corrected chi connectivity index (χ1v) is 8.36. The van der Waals surface area contributed by atoms with E-state index in [1.807, 2.05) is 32.2 Å². The molecule has 0 saturated heterocycles. The second kappa shape index (κ2) is 7.49. The third-order valence-corrected chi connectivity index (χ3v) is 4.29.